The minimum absolute atomic E-state index is 0.401. The Morgan fingerprint density at radius 3 is 2.82 bits per heavy atom. The fraction of sp³-hybridized carbons (Fsp3) is 0.545. The molecule has 0 spiro atoms. The van der Waals surface area contributed by atoms with Crippen molar-refractivity contribution in [3.05, 3.63) is 29.1 Å². The van der Waals surface area contributed by atoms with Gasteiger partial charge in [0.1, 0.15) is 10.8 Å². The van der Waals surface area contributed by atoms with Crippen molar-refractivity contribution in [1.29, 1.82) is 0 Å². The highest BCUT2D eigenvalue weighted by Gasteiger charge is 2.10. The monoisotopic (exact) mass is 251 g/mol. The second-order valence-electron chi connectivity index (χ2n) is 4.45. The van der Waals surface area contributed by atoms with Gasteiger partial charge in [-0.1, -0.05) is 13.8 Å². The summed E-state index contributed by atoms with van der Waals surface area (Å²) in [5.41, 5.74) is 1.11. The van der Waals surface area contributed by atoms with Crippen molar-refractivity contribution in [2.75, 3.05) is 7.05 Å². The second-order valence-corrected chi connectivity index (χ2v) is 5.29. The Morgan fingerprint density at radius 2 is 2.24 bits per heavy atom. The van der Waals surface area contributed by atoms with E-state index in [4.69, 9.17) is 0 Å². The van der Waals surface area contributed by atoms with Crippen LogP contribution < -0.4 is 0 Å². The number of hydrogen-bond acceptors (Lipinski definition) is 5. The van der Waals surface area contributed by atoms with E-state index in [1.165, 1.54) is 11.5 Å². The molecule has 0 radical (unpaired) electrons. The van der Waals surface area contributed by atoms with Gasteiger partial charge in [0.15, 0.2) is 0 Å². The van der Waals surface area contributed by atoms with Crippen LogP contribution in [0.15, 0.2) is 12.5 Å². The number of H-pyrrole nitrogens is 1. The molecular formula is C11H17N5S. The Balaban J connectivity index is 1.91. The molecule has 0 aliphatic carbocycles. The topological polar surface area (TPSA) is 57.7 Å². The van der Waals surface area contributed by atoms with Gasteiger partial charge in [-0.05, 0) is 18.6 Å². The van der Waals surface area contributed by atoms with E-state index in [0.29, 0.717) is 5.92 Å². The lowest BCUT2D eigenvalue weighted by Crippen LogP contribution is -2.17. The molecular weight excluding hydrogens is 234 g/mol. The van der Waals surface area contributed by atoms with Crippen molar-refractivity contribution in [2.24, 2.45) is 0 Å². The molecule has 2 rings (SSSR count). The molecule has 1 N–H and O–H groups in total. The first kappa shape index (κ1) is 12.2. The van der Waals surface area contributed by atoms with E-state index in [-0.39, 0.29) is 0 Å². The maximum atomic E-state index is 4.52. The minimum Gasteiger partial charge on any atom is -0.347 e. The van der Waals surface area contributed by atoms with Gasteiger partial charge in [-0.2, -0.15) is 4.37 Å². The van der Waals surface area contributed by atoms with Crippen molar-refractivity contribution in [2.45, 2.75) is 32.9 Å². The largest absolute Gasteiger partial charge is 0.347 e. The van der Waals surface area contributed by atoms with E-state index in [0.717, 1.165) is 29.6 Å². The van der Waals surface area contributed by atoms with Gasteiger partial charge in [0.2, 0.25) is 0 Å². The summed E-state index contributed by atoms with van der Waals surface area (Å²) in [6.45, 7) is 5.89. The van der Waals surface area contributed by atoms with Gasteiger partial charge in [-0.15, -0.1) is 0 Å². The van der Waals surface area contributed by atoms with Crippen LogP contribution in [0.1, 0.15) is 36.3 Å². The zero-order valence-corrected chi connectivity index (χ0v) is 11.2. The van der Waals surface area contributed by atoms with Gasteiger partial charge in [-0.25, -0.2) is 9.97 Å². The predicted molar refractivity (Wildman–Crippen MR) is 67.8 cm³/mol. The van der Waals surface area contributed by atoms with E-state index in [1.807, 2.05) is 6.20 Å². The Hall–Kier alpha value is -1.27. The maximum absolute atomic E-state index is 4.52. The van der Waals surface area contributed by atoms with Crippen molar-refractivity contribution < 1.29 is 0 Å². The number of nitrogens with one attached hydrogen (secondary N) is 1. The van der Waals surface area contributed by atoms with Crippen molar-refractivity contribution in [1.82, 2.24) is 24.2 Å². The smallest absolute Gasteiger partial charge is 0.145 e. The summed E-state index contributed by atoms with van der Waals surface area (Å²) in [4.78, 5) is 13.8. The Bertz CT molecular complexity index is 448. The molecule has 0 aliphatic rings. The first-order chi connectivity index (χ1) is 8.15. The summed E-state index contributed by atoms with van der Waals surface area (Å²) in [5, 5.41) is 1.07. The zero-order chi connectivity index (χ0) is 12.3. The van der Waals surface area contributed by atoms with Crippen LogP contribution >= 0.6 is 11.5 Å². The third-order valence-electron chi connectivity index (χ3n) is 2.40. The van der Waals surface area contributed by atoms with Gasteiger partial charge in [0, 0.05) is 24.4 Å². The lowest BCUT2D eigenvalue weighted by molar-refractivity contribution is 0.315. The highest BCUT2D eigenvalue weighted by atomic mass is 32.1. The van der Waals surface area contributed by atoms with Crippen LogP contribution in [-0.4, -0.2) is 31.3 Å². The molecule has 2 aromatic heterocycles. The summed E-state index contributed by atoms with van der Waals surface area (Å²) in [5.74, 6) is 1.35. The molecule has 0 aliphatic heterocycles. The molecule has 17 heavy (non-hydrogen) atoms. The SMILES string of the molecule is CC(C)c1nsc(CN(C)Cc2cnc[nH]2)n1. The lowest BCUT2D eigenvalue weighted by Gasteiger charge is -2.12. The molecule has 2 aromatic rings. The predicted octanol–water partition coefficient (Wildman–Crippen LogP) is 2.02. The summed E-state index contributed by atoms with van der Waals surface area (Å²) >= 11 is 1.49. The quantitative estimate of drug-likeness (QED) is 0.883. The molecule has 0 fully saturated rings. The fourth-order valence-corrected chi connectivity index (χ4v) is 2.38. The molecule has 0 aromatic carbocycles. The summed E-state index contributed by atoms with van der Waals surface area (Å²) < 4.78 is 4.35. The standard InChI is InChI=1S/C11H17N5S/c1-8(2)11-14-10(17-15-11)6-16(3)5-9-4-12-7-13-9/h4,7-8H,5-6H2,1-3H3,(H,12,13). The summed E-state index contributed by atoms with van der Waals surface area (Å²) in [6, 6.07) is 0. The molecule has 0 bridgehead atoms. The normalized spacial score (nSPS) is 11.6. The third-order valence-corrected chi connectivity index (χ3v) is 3.11. The van der Waals surface area contributed by atoms with Crippen LogP contribution in [-0.2, 0) is 13.1 Å². The van der Waals surface area contributed by atoms with Gasteiger partial charge in [0.05, 0.1) is 12.9 Å². The number of aromatic amines is 1. The van der Waals surface area contributed by atoms with Crippen molar-refractivity contribution >= 4 is 11.5 Å². The van der Waals surface area contributed by atoms with E-state index in [1.54, 1.807) is 6.33 Å². The fourth-order valence-electron chi connectivity index (χ4n) is 1.52. The Kier molecular flexibility index (Phi) is 3.86. The van der Waals surface area contributed by atoms with E-state index < -0.39 is 0 Å². The Labute approximate surface area is 105 Å². The molecule has 92 valence electrons. The molecule has 0 saturated heterocycles. The molecule has 2 heterocycles. The van der Waals surface area contributed by atoms with Crippen LogP contribution in [0.2, 0.25) is 0 Å². The minimum atomic E-state index is 0.401. The maximum Gasteiger partial charge on any atom is 0.145 e. The highest BCUT2D eigenvalue weighted by molar-refractivity contribution is 7.05. The molecule has 0 saturated carbocycles. The van der Waals surface area contributed by atoms with Gasteiger partial charge in [-0.3, -0.25) is 4.90 Å². The number of aromatic nitrogens is 4. The van der Waals surface area contributed by atoms with E-state index in [9.17, 15) is 0 Å². The average molecular weight is 251 g/mol. The molecule has 0 atom stereocenters. The first-order valence-corrected chi connectivity index (χ1v) is 6.40. The first-order valence-electron chi connectivity index (χ1n) is 5.63. The molecule has 0 amide bonds. The second kappa shape index (κ2) is 5.37. The number of nitrogens with zero attached hydrogens (tertiary/aromatic N) is 4. The van der Waals surface area contributed by atoms with Gasteiger partial charge >= 0.3 is 0 Å². The van der Waals surface area contributed by atoms with Gasteiger partial charge in [0.25, 0.3) is 0 Å². The zero-order valence-electron chi connectivity index (χ0n) is 10.3. The van der Waals surface area contributed by atoms with E-state index in [2.05, 4.69) is 45.1 Å². The number of rotatable bonds is 5. The molecule has 5 nitrogen and oxygen atoms in total. The van der Waals surface area contributed by atoms with Crippen LogP contribution in [0.3, 0.4) is 0 Å². The van der Waals surface area contributed by atoms with Crippen LogP contribution in [0.4, 0.5) is 0 Å². The number of hydrogen-bond donors (Lipinski definition) is 1. The summed E-state index contributed by atoms with van der Waals surface area (Å²) in [6.07, 6.45) is 3.54. The van der Waals surface area contributed by atoms with E-state index >= 15 is 0 Å². The molecule has 0 unspecified atom stereocenters. The summed E-state index contributed by atoms with van der Waals surface area (Å²) in [7, 11) is 2.07. The van der Waals surface area contributed by atoms with Crippen LogP contribution in [0.5, 0.6) is 0 Å². The van der Waals surface area contributed by atoms with Gasteiger partial charge < -0.3 is 4.98 Å². The van der Waals surface area contributed by atoms with Crippen LogP contribution in [0.25, 0.3) is 0 Å². The molecule has 6 heteroatoms. The average Bonchev–Trinajstić information content (AvgIpc) is 2.88. The number of imidazole rings is 1. The lowest BCUT2D eigenvalue weighted by atomic mass is 10.2. The van der Waals surface area contributed by atoms with Crippen molar-refractivity contribution in [3.63, 3.8) is 0 Å². The highest BCUT2D eigenvalue weighted by Crippen LogP contribution is 2.15. The third kappa shape index (κ3) is 3.34. The van der Waals surface area contributed by atoms with Crippen LogP contribution in [0, 0.1) is 0 Å². The Morgan fingerprint density at radius 1 is 1.41 bits per heavy atom. The van der Waals surface area contributed by atoms with Crippen molar-refractivity contribution in [3.8, 4) is 0 Å².